The highest BCUT2D eigenvalue weighted by atomic mass is 32.2. The summed E-state index contributed by atoms with van der Waals surface area (Å²) in [5.41, 5.74) is 1.98. The van der Waals surface area contributed by atoms with Gasteiger partial charge in [0.2, 0.25) is 0 Å². The zero-order valence-electron chi connectivity index (χ0n) is 14.6. The Kier molecular flexibility index (Phi) is 4.77. The van der Waals surface area contributed by atoms with Crippen LogP contribution in [0.3, 0.4) is 0 Å². The topological polar surface area (TPSA) is 83.9 Å². The number of carbonyl (C=O) groups is 1. The molecule has 1 heterocycles. The van der Waals surface area contributed by atoms with Crippen molar-refractivity contribution >= 4 is 21.8 Å². The second kappa shape index (κ2) is 6.74. The molecule has 1 N–H and O–H groups in total. The van der Waals surface area contributed by atoms with Crippen LogP contribution in [0.15, 0.2) is 54.6 Å². The number of ether oxygens (including phenoxy) is 1. The van der Waals surface area contributed by atoms with Gasteiger partial charge in [-0.05, 0) is 24.1 Å². The number of hydrogen-bond donors (Lipinski definition) is 1. The van der Waals surface area contributed by atoms with Gasteiger partial charge in [0.25, 0.3) is 10.1 Å². The maximum absolute atomic E-state index is 12.6. The molecule has 26 heavy (non-hydrogen) atoms. The molecule has 0 amide bonds. The summed E-state index contributed by atoms with van der Waals surface area (Å²) in [6.45, 7) is 3.13. The van der Waals surface area contributed by atoms with Gasteiger partial charge in [-0.15, -0.1) is 0 Å². The summed E-state index contributed by atoms with van der Waals surface area (Å²) in [7, 11) is -4.52. The second-order valence-corrected chi connectivity index (χ2v) is 8.09. The normalized spacial score (nSPS) is 20.5. The lowest BCUT2D eigenvalue weighted by atomic mass is 10.0. The molecule has 1 aliphatic heterocycles. The van der Waals surface area contributed by atoms with Crippen LogP contribution in [0, 0.1) is 0 Å². The van der Waals surface area contributed by atoms with Gasteiger partial charge in [-0.3, -0.25) is 9.35 Å². The molecule has 2 unspecified atom stereocenters. The Hall–Kier alpha value is -2.38. The molecular formula is C19H21NO5S. The van der Waals surface area contributed by atoms with Gasteiger partial charge in [0.1, 0.15) is 6.10 Å². The van der Waals surface area contributed by atoms with Crippen molar-refractivity contribution in [2.75, 3.05) is 11.4 Å². The SMILES string of the molecule is CC(=O)OC(C)CN1c2ccccc2CC1(c1ccccc1)S(=O)(=O)O. The number of hydrogen-bond acceptors (Lipinski definition) is 5. The van der Waals surface area contributed by atoms with Gasteiger partial charge in [-0.25, -0.2) is 0 Å². The highest BCUT2D eigenvalue weighted by Crippen LogP contribution is 2.48. The van der Waals surface area contributed by atoms with E-state index in [1.54, 1.807) is 42.2 Å². The zero-order chi connectivity index (χ0) is 18.9. The van der Waals surface area contributed by atoms with E-state index in [4.69, 9.17) is 4.74 Å². The summed E-state index contributed by atoms with van der Waals surface area (Å²) in [6, 6.07) is 15.9. The molecule has 138 valence electrons. The fraction of sp³-hybridized carbons (Fsp3) is 0.316. The number of anilines is 1. The number of fused-ring (bicyclic) bond motifs is 1. The average molecular weight is 375 g/mol. The van der Waals surface area contributed by atoms with Gasteiger partial charge in [-0.2, -0.15) is 8.42 Å². The first-order valence-corrected chi connectivity index (χ1v) is 9.75. The molecule has 2 aromatic rings. The minimum atomic E-state index is -4.52. The molecule has 0 aliphatic carbocycles. The zero-order valence-corrected chi connectivity index (χ0v) is 15.4. The highest BCUT2D eigenvalue weighted by molar-refractivity contribution is 7.87. The van der Waals surface area contributed by atoms with Gasteiger partial charge < -0.3 is 9.64 Å². The first kappa shape index (κ1) is 18.4. The van der Waals surface area contributed by atoms with Crippen LogP contribution < -0.4 is 4.90 Å². The third kappa shape index (κ3) is 3.08. The Balaban J connectivity index is 2.17. The predicted octanol–water partition coefficient (Wildman–Crippen LogP) is 2.74. The lowest BCUT2D eigenvalue weighted by Gasteiger charge is -2.39. The smallest absolute Gasteiger partial charge is 0.302 e. The summed E-state index contributed by atoms with van der Waals surface area (Å²) in [5, 5.41) is 0. The van der Waals surface area contributed by atoms with Crippen molar-refractivity contribution in [1.29, 1.82) is 0 Å². The molecule has 2 atom stereocenters. The summed E-state index contributed by atoms with van der Waals surface area (Å²) in [6.07, 6.45) is -0.442. The van der Waals surface area contributed by atoms with Crippen LogP contribution in [0.2, 0.25) is 0 Å². The Morgan fingerprint density at radius 2 is 1.81 bits per heavy atom. The molecule has 0 saturated heterocycles. The minimum absolute atomic E-state index is 0.110. The third-order valence-electron chi connectivity index (χ3n) is 4.61. The molecule has 3 rings (SSSR count). The first-order valence-electron chi connectivity index (χ1n) is 8.31. The van der Waals surface area contributed by atoms with Gasteiger partial charge in [0, 0.05) is 19.0 Å². The van der Waals surface area contributed by atoms with E-state index in [2.05, 4.69) is 0 Å². The lowest BCUT2D eigenvalue weighted by Crippen LogP contribution is -2.52. The number of carbonyl (C=O) groups excluding carboxylic acids is 1. The van der Waals surface area contributed by atoms with Crippen LogP contribution in [0.4, 0.5) is 5.69 Å². The minimum Gasteiger partial charge on any atom is -0.461 e. The highest BCUT2D eigenvalue weighted by Gasteiger charge is 2.55. The molecule has 0 radical (unpaired) electrons. The summed E-state index contributed by atoms with van der Waals surface area (Å²) in [4.78, 5) is 11.3. The van der Waals surface area contributed by atoms with Gasteiger partial charge in [0.15, 0.2) is 4.87 Å². The van der Waals surface area contributed by atoms with Crippen molar-refractivity contribution in [1.82, 2.24) is 0 Å². The molecule has 0 fully saturated rings. The summed E-state index contributed by atoms with van der Waals surface area (Å²) < 4.78 is 40.8. The Morgan fingerprint density at radius 1 is 1.19 bits per heavy atom. The van der Waals surface area contributed by atoms with Gasteiger partial charge in [-0.1, -0.05) is 48.5 Å². The van der Waals surface area contributed by atoms with E-state index >= 15 is 0 Å². The van der Waals surface area contributed by atoms with Gasteiger partial charge >= 0.3 is 5.97 Å². The van der Waals surface area contributed by atoms with Crippen molar-refractivity contribution in [3.63, 3.8) is 0 Å². The molecular weight excluding hydrogens is 354 g/mol. The quantitative estimate of drug-likeness (QED) is 0.639. The monoisotopic (exact) mass is 375 g/mol. The Bertz CT molecular complexity index is 913. The van der Waals surface area contributed by atoms with Crippen LogP contribution >= 0.6 is 0 Å². The van der Waals surface area contributed by atoms with Crippen LogP contribution in [-0.4, -0.2) is 31.6 Å². The fourth-order valence-electron chi connectivity index (χ4n) is 3.63. The molecule has 2 aromatic carbocycles. The molecule has 7 heteroatoms. The Labute approximate surface area is 153 Å². The van der Waals surface area contributed by atoms with E-state index in [9.17, 15) is 17.8 Å². The summed E-state index contributed by atoms with van der Waals surface area (Å²) in [5.74, 6) is -0.442. The first-order chi connectivity index (χ1) is 12.3. The van der Waals surface area contributed by atoms with E-state index in [1.165, 1.54) is 6.92 Å². The number of esters is 1. The second-order valence-electron chi connectivity index (χ2n) is 6.46. The lowest BCUT2D eigenvalue weighted by molar-refractivity contribution is -0.145. The van der Waals surface area contributed by atoms with Crippen molar-refractivity contribution in [3.05, 3.63) is 65.7 Å². The number of para-hydroxylation sites is 1. The van der Waals surface area contributed by atoms with E-state index < -0.39 is 27.1 Å². The van der Waals surface area contributed by atoms with Crippen molar-refractivity contribution in [2.45, 2.75) is 31.2 Å². The van der Waals surface area contributed by atoms with E-state index in [-0.39, 0.29) is 13.0 Å². The van der Waals surface area contributed by atoms with Crippen LogP contribution in [-0.2, 0) is 30.9 Å². The summed E-state index contributed by atoms with van der Waals surface area (Å²) >= 11 is 0. The molecule has 0 aromatic heterocycles. The molecule has 0 saturated carbocycles. The fourth-order valence-corrected chi connectivity index (χ4v) is 4.85. The van der Waals surface area contributed by atoms with Crippen molar-refractivity contribution < 1.29 is 22.5 Å². The third-order valence-corrected chi connectivity index (χ3v) is 6.06. The number of benzene rings is 2. The number of nitrogens with zero attached hydrogens (tertiary/aromatic N) is 1. The van der Waals surface area contributed by atoms with Crippen LogP contribution in [0.5, 0.6) is 0 Å². The van der Waals surface area contributed by atoms with Crippen molar-refractivity contribution in [2.24, 2.45) is 0 Å². The predicted molar refractivity (Wildman–Crippen MR) is 98.4 cm³/mol. The maximum Gasteiger partial charge on any atom is 0.302 e. The Morgan fingerprint density at radius 3 is 2.42 bits per heavy atom. The van der Waals surface area contributed by atoms with E-state index in [1.807, 2.05) is 24.3 Å². The standard InChI is InChI=1S/C19H21NO5S/c1-14(25-15(2)21)13-20-18-11-7-6-8-16(18)12-19(20,26(22,23)24)17-9-4-3-5-10-17/h3-11,14H,12-13H2,1-2H3,(H,22,23,24). The van der Waals surface area contributed by atoms with Gasteiger partial charge in [0.05, 0.1) is 6.54 Å². The molecule has 0 spiro atoms. The van der Waals surface area contributed by atoms with E-state index in [0.717, 1.165) is 5.56 Å². The molecule has 6 nitrogen and oxygen atoms in total. The number of rotatable bonds is 5. The molecule has 0 bridgehead atoms. The van der Waals surface area contributed by atoms with Crippen molar-refractivity contribution in [3.8, 4) is 0 Å². The van der Waals surface area contributed by atoms with E-state index in [0.29, 0.717) is 11.3 Å². The molecule has 1 aliphatic rings. The average Bonchev–Trinajstić information content (AvgIpc) is 2.90. The van der Waals surface area contributed by atoms with Crippen LogP contribution in [0.25, 0.3) is 0 Å². The largest absolute Gasteiger partial charge is 0.461 e. The van der Waals surface area contributed by atoms with Crippen LogP contribution in [0.1, 0.15) is 25.0 Å². The maximum atomic E-state index is 12.6.